The van der Waals surface area contributed by atoms with Gasteiger partial charge in [-0.2, -0.15) is 0 Å². The average Bonchev–Trinajstić information content (AvgIpc) is 2.61. The summed E-state index contributed by atoms with van der Waals surface area (Å²) in [5.41, 5.74) is 3.28. The zero-order valence-corrected chi connectivity index (χ0v) is 11.0. The molecule has 1 aromatic carbocycles. The minimum Gasteiger partial charge on any atom is -0.334 e. The van der Waals surface area contributed by atoms with Gasteiger partial charge < -0.3 is 9.88 Å². The van der Waals surface area contributed by atoms with E-state index < -0.39 is 0 Å². The first kappa shape index (κ1) is 12.8. The molecule has 0 radical (unpaired) electrons. The van der Waals surface area contributed by atoms with Crippen molar-refractivity contribution in [1.29, 1.82) is 0 Å². The lowest BCUT2D eigenvalue weighted by molar-refractivity contribution is 0.627. The van der Waals surface area contributed by atoms with Crippen LogP contribution in [0, 0.1) is 12.7 Å². The number of aromatic nitrogens is 2. The van der Waals surface area contributed by atoms with Gasteiger partial charge in [0.2, 0.25) is 0 Å². The first-order chi connectivity index (χ1) is 8.61. The number of rotatable bonds is 4. The summed E-state index contributed by atoms with van der Waals surface area (Å²) < 4.78 is 14.9. The zero-order valence-electron chi connectivity index (χ0n) is 11.0. The highest BCUT2D eigenvalue weighted by Gasteiger charge is 2.10. The molecule has 1 N–H and O–H groups in total. The fourth-order valence-electron chi connectivity index (χ4n) is 1.98. The fraction of sp³-hybridized carbons (Fsp3) is 0.357. The van der Waals surface area contributed by atoms with Gasteiger partial charge in [-0.3, -0.25) is 0 Å². The SMILES string of the molecule is CNCc1nc(Cc2ccc(F)cc2)c(C)n1C. The second kappa shape index (κ2) is 5.31. The minimum atomic E-state index is -0.202. The van der Waals surface area contributed by atoms with Crippen LogP contribution >= 0.6 is 0 Å². The second-order valence-corrected chi connectivity index (χ2v) is 4.45. The smallest absolute Gasteiger partial charge is 0.123 e. The van der Waals surface area contributed by atoms with Gasteiger partial charge in [0.05, 0.1) is 12.2 Å². The van der Waals surface area contributed by atoms with Crippen LogP contribution < -0.4 is 5.32 Å². The third-order valence-corrected chi connectivity index (χ3v) is 3.19. The number of hydrogen-bond acceptors (Lipinski definition) is 2. The van der Waals surface area contributed by atoms with Crippen LogP contribution in [0.4, 0.5) is 4.39 Å². The average molecular weight is 247 g/mol. The van der Waals surface area contributed by atoms with Gasteiger partial charge in [-0.15, -0.1) is 0 Å². The summed E-state index contributed by atoms with van der Waals surface area (Å²) in [5, 5.41) is 3.10. The van der Waals surface area contributed by atoms with Crippen LogP contribution in [-0.4, -0.2) is 16.6 Å². The van der Waals surface area contributed by atoms with Gasteiger partial charge in [-0.05, 0) is 31.7 Å². The number of nitrogens with zero attached hydrogens (tertiary/aromatic N) is 2. The van der Waals surface area contributed by atoms with E-state index in [1.54, 1.807) is 12.1 Å². The van der Waals surface area contributed by atoms with Crippen molar-refractivity contribution < 1.29 is 4.39 Å². The number of halogens is 1. The molecule has 0 amide bonds. The quantitative estimate of drug-likeness (QED) is 0.897. The highest BCUT2D eigenvalue weighted by molar-refractivity contribution is 5.26. The van der Waals surface area contributed by atoms with Crippen LogP contribution in [0.3, 0.4) is 0 Å². The van der Waals surface area contributed by atoms with E-state index in [4.69, 9.17) is 0 Å². The summed E-state index contributed by atoms with van der Waals surface area (Å²) >= 11 is 0. The van der Waals surface area contributed by atoms with Crippen LogP contribution in [0.1, 0.15) is 22.8 Å². The second-order valence-electron chi connectivity index (χ2n) is 4.45. The van der Waals surface area contributed by atoms with E-state index in [-0.39, 0.29) is 5.82 Å². The van der Waals surface area contributed by atoms with Crippen molar-refractivity contribution in [3.05, 3.63) is 52.9 Å². The van der Waals surface area contributed by atoms with Crippen molar-refractivity contribution in [2.45, 2.75) is 19.9 Å². The van der Waals surface area contributed by atoms with Gasteiger partial charge in [0.25, 0.3) is 0 Å². The number of benzene rings is 1. The summed E-state index contributed by atoms with van der Waals surface area (Å²) in [6.45, 7) is 2.81. The van der Waals surface area contributed by atoms with Crippen LogP contribution in [0.2, 0.25) is 0 Å². The van der Waals surface area contributed by atoms with E-state index in [1.807, 2.05) is 14.1 Å². The maximum absolute atomic E-state index is 12.8. The topological polar surface area (TPSA) is 29.9 Å². The molecule has 0 fully saturated rings. The molecule has 1 aromatic heterocycles. The van der Waals surface area contributed by atoms with E-state index in [0.717, 1.165) is 35.7 Å². The molecule has 0 atom stereocenters. The Kier molecular flexibility index (Phi) is 3.77. The fourth-order valence-corrected chi connectivity index (χ4v) is 1.98. The molecule has 0 aliphatic heterocycles. The summed E-state index contributed by atoms with van der Waals surface area (Å²) in [4.78, 5) is 4.62. The molecule has 0 bridgehead atoms. The van der Waals surface area contributed by atoms with E-state index in [0.29, 0.717) is 0 Å². The third-order valence-electron chi connectivity index (χ3n) is 3.19. The first-order valence-corrected chi connectivity index (χ1v) is 6.02. The van der Waals surface area contributed by atoms with Crippen molar-refractivity contribution in [1.82, 2.24) is 14.9 Å². The van der Waals surface area contributed by atoms with Gasteiger partial charge >= 0.3 is 0 Å². The van der Waals surface area contributed by atoms with Crippen molar-refractivity contribution in [2.75, 3.05) is 7.05 Å². The summed E-state index contributed by atoms with van der Waals surface area (Å²) in [6, 6.07) is 6.59. The van der Waals surface area contributed by atoms with Gasteiger partial charge in [-0.1, -0.05) is 12.1 Å². The van der Waals surface area contributed by atoms with Crippen molar-refractivity contribution in [2.24, 2.45) is 7.05 Å². The predicted octanol–water partition coefficient (Wildman–Crippen LogP) is 2.18. The Balaban J connectivity index is 2.23. The van der Waals surface area contributed by atoms with E-state index in [1.165, 1.54) is 12.1 Å². The molecule has 1 heterocycles. The van der Waals surface area contributed by atoms with Crippen LogP contribution in [-0.2, 0) is 20.0 Å². The lowest BCUT2D eigenvalue weighted by Gasteiger charge is -2.02. The Labute approximate surface area is 107 Å². The Hall–Kier alpha value is -1.68. The predicted molar refractivity (Wildman–Crippen MR) is 69.9 cm³/mol. The highest BCUT2D eigenvalue weighted by Crippen LogP contribution is 2.14. The summed E-state index contributed by atoms with van der Waals surface area (Å²) in [6.07, 6.45) is 0.740. The lowest BCUT2D eigenvalue weighted by Crippen LogP contribution is -2.10. The molecule has 18 heavy (non-hydrogen) atoms. The summed E-state index contributed by atoms with van der Waals surface area (Å²) in [5.74, 6) is 0.819. The Morgan fingerprint density at radius 3 is 2.56 bits per heavy atom. The molecule has 4 heteroatoms. The number of nitrogens with one attached hydrogen (secondary N) is 1. The van der Waals surface area contributed by atoms with E-state index in [2.05, 4.69) is 21.8 Å². The van der Waals surface area contributed by atoms with E-state index in [9.17, 15) is 4.39 Å². The van der Waals surface area contributed by atoms with Crippen molar-refractivity contribution in [3.63, 3.8) is 0 Å². The minimum absolute atomic E-state index is 0.202. The molecular weight excluding hydrogens is 229 g/mol. The normalized spacial score (nSPS) is 10.9. The third kappa shape index (κ3) is 2.59. The molecule has 3 nitrogen and oxygen atoms in total. The molecule has 0 unspecified atom stereocenters. The molecule has 2 aromatic rings. The molecular formula is C14H18FN3. The molecule has 0 aliphatic rings. The zero-order chi connectivity index (χ0) is 13.1. The highest BCUT2D eigenvalue weighted by atomic mass is 19.1. The van der Waals surface area contributed by atoms with Gasteiger partial charge in [0, 0.05) is 19.2 Å². The molecule has 0 saturated carbocycles. The number of hydrogen-bond donors (Lipinski definition) is 1. The Bertz CT molecular complexity index is 529. The lowest BCUT2D eigenvalue weighted by atomic mass is 10.1. The molecule has 0 saturated heterocycles. The van der Waals surface area contributed by atoms with Crippen molar-refractivity contribution in [3.8, 4) is 0 Å². The van der Waals surface area contributed by atoms with Crippen LogP contribution in [0.15, 0.2) is 24.3 Å². The first-order valence-electron chi connectivity index (χ1n) is 6.02. The van der Waals surface area contributed by atoms with Gasteiger partial charge in [0.15, 0.2) is 0 Å². The van der Waals surface area contributed by atoms with Crippen LogP contribution in [0.25, 0.3) is 0 Å². The molecule has 96 valence electrons. The van der Waals surface area contributed by atoms with Gasteiger partial charge in [0.1, 0.15) is 11.6 Å². The molecule has 0 spiro atoms. The maximum Gasteiger partial charge on any atom is 0.123 e. The largest absolute Gasteiger partial charge is 0.334 e. The van der Waals surface area contributed by atoms with Crippen LogP contribution in [0.5, 0.6) is 0 Å². The standard InChI is InChI=1S/C14H18FN3/c1-10-13(17-14(9-16-2)18(10)3)8-11-4-6-12(15)7-5-11/h4-7,16H,8-9H2,1-3H3. The van der Waals surface area contributed by atoms with Crippen molar-refractivity contribution >= 4 is 0 Å². The monoisotopic (exact) mass is 247 g/mol. The summed E-state index contributed by atoms with van der Waals surface area (Å²) in [7, 11) is 3.92. The molecule has 0 aliphatic carbocycles. The Morgan fingerprint density at radius 2 is 1.94 bits per heavy atom. The Morgan fingerprint density at radius 1 is 1.28 bits per heavy atom. The van der Waals surface area contributed by atoms with E-state index >= 15 is 0 Å². The maximum atomic E-state index is 12.8. The number of imidazole rings is 1. The van der Waals surface area contributed by atoms with Gasteiger partial charge in [-0.25, -0.2) is 9.37 Å². The molecule has 2 rings (SSSR count).